The monoisotopic (exact) mass is 383 g/mol. The Labute approximate surface area is 163 Å². The molecule has 2 fully saturated rings. The molecule has 2 saturated carbocycles. The second-order valence-electron chi connectivity index (χ2n) is 7.99. The molecule has 5 rings (SSSR count). The summed E-state index contributed by atoms with van der Waals surface area (Å²) in [7, 11) is 0. The third-order valence-corrected chi connectivity index (χ3v) is 7.19. The van der Waals surface area contributed by atoms with E-state index in [1.807, 2.05) is 6.07 Å². The molecular formula is C20H25N5OS. The van der Waals surface area contributed by atoms with E-state index in [9.17, 15) is 4.79 Å². The van der Waals surface area contributed by atoms with E-state index in [0.717, 1.165) is 34.4 Å². The first-order valence-corrected chi connectivity index (χ1v) is 10.9. The lowest BCUT2D eigenvalue weighted by atomic mass is 9.78. The van der Waals surface area contributed by atoms with E-state index >= 15 is 0 Å². The number of hydrogen-bond donors (Lipinski definition) is 3. The zero-order chi connectivity index (χ0) is 18.3. The Morgan fingerprint density at radius 1 is 1.04 bits per heavy atom. The number of nitrogens with one attached hydrogen (secondary N) is 3. The fraction of sp³-hybridized carbons (Fsp3) is 0.550. The summed E-state index contributed by atoms with van der Waals surface area (Å²) in [6, 6.07) is 4.63. The molecule has 0 unspecified atom stereocenters. The number of amides is 1. The van der Waals surface area contributed by atoms with Gasteiger partial charge in [0.15, 0.2) is 0 Å². The van der Waals surface area contributed by atoms with Crippen molar-refractivity contribution in [3.8, 4) is 0 Å². The van der Waals surface area contributed by atoms with Gasteiger partial charge in [0.25, 0.3) is 5.91 Å². The average Bonchev–Trinajstić information content (AvgIpc) is 3.37. The molecular weight excluding hydrogens is 358 g/mol. The number of anilines is 3. The largest absolute Gasteiger partial charge is 0.367 e. The molecule has 2 aliphatic carbocycles. The first-order chi connectivity index (χ1) is 13.2. The Morgan fingerprint density at radius 3 is 2.63 bits per heavy atom. The lowest BCUT2D eigenvalue weighted by Gasteiger charge is -2.33. The van der Waals surface area contributed by atoms with Crippen molar-refractivity contribution >= 4 is 33.9 Å². The maximum absolute atomic E-state index is 12.5. The quantitative estimate of drug-likeness (QED) is 0.722. The van der Waals surface area contributed by atoms with Crippen LogP contribution < -0.4 is 16.0 Å². The maximum Gasteiger partial charge on any atom is 0.262 e. The van der Waals surface area contributed by atoms with Crippen molar-refractivity contribution < 1.29 is 4.79 Å². The maximum atomic E-state index is 12.5. The lowest BCUT2D eigenvalue weighted by Crippen LogP contribution is -2.40. The van der Waals surface area contributed by atoms with E-state index < -0.39 is 0 Å². The summed E-state index contributed by atoms with van der Waals surface area (Å²) >= 11 is 1.53. The molecule has 2 aromatic rings. The van der Waals surface area contributed by atoms with E-state index in [2.05, 4.69) is 32.0 Å². The molecule has 27 heavy (non-hydrogen) atoms. The van der Waals surface area contributed by atoms with Gasteiger partial charge in [-0.2, -0.15) is 0 Å². The van der Waals surface area contributed by atoms with Crippen LogP contribution in [0.2, 0.25) is 0 Å². The summed E-state index contributed by atoms with van der Waals surface area (Å²) in [5, 5.41) is 11.1. The Kier molecular flexibility index (Phi) is 4.27. The second kappa shape index (κ2) is 6.78. The summed E-state index contributed by atoms with van der Waals surface area (Å²) in [6.45, 7) is 0. The summed E-state index contributed by atoms with van der Waals surface area (Å²) in [6.07, 6.45) is 12.3. The van der Waals surface area contributed by atoms with Crippen molar-refractivity contribution in [2.24, 2.45) is 0 Å². The molecule has 0 saturated heterocycles. The highest BCUT2D eigenvalue weighted by atomic mass is 32.1. The summed E-state index contributed by atoms with van der Waals surface area (Å²) in [5.41, 5.74) is 1.04. The second-order valence-corrected chi connectivity index (χ2v) is 9.04. The van der Waals surface area contributed by atoms with Gasteiger partial charge in [0.05, 0.1) is 15.4 Å². The molecule has 0 aromatic carbocycles. The Bertz CT molecular complexity index is 852. The zero-order valence-corrected chi connectivity index (χ0v) is 16.2. The molecule has 7 heteroatoms. The van der Waals surface area contributed by atoms with Gasteiger partial charge in [-0.1, -0.05) is 32.1 Å². The van der Waals surface area contributed by atoms with Crippen LogP contribution in [0.5, 0.6) is 0 Å². The average molecular weight is 384 g/mol. The molecule has 6 nitrogen and oxygen atoms in total. The highest BCUT2D eigenvalue weighted by Gasteiger charge is 2.44. The van der Waals surface area contributed by atoms with Gasteiger partial charge in [-0.15, -0.1) is 11.3 Å². The molecule has 2 aromatic heterocycles. The number of carbonyl (C=O) groups is 1. The highest BCUT2D eigenvalue weighted by molar-refractivity contribution is 7.18. The van der Waals surface area contributed by atoms with Crippen LogP contribution in [0.3, 0.4) is 0 Å². The van der Waals surface area contributed by atoms with Gasteiger partial charge in [-0.05, 0) is 31.7 Å². The van der Waals surface area contributed by atoms with Crippen molar-refractivity contribution in [1.82, 2.24) is 15.3 Å². The van der Waals surface area contributed by atoms with Crippen molar-refractivity contribution in [3.63, 3.8) is 0 Å². The molecule has 0 radical (unpaired) electrons. The third-order valence-electron chi connectivity index (χ3n) is 6.14. The zero-order valence-electron chi connectivity index (χ0n) is 15.4. The minimum Gasteiger partial charge on any atom is -0.367 e. The van der Waals surface area contributed by atoms with Crippen LogP contribution in [0, 0.1) is 0 Å². The van der Waals surface area contributed by atoms with E-state index in [-0.39, 0.29) is 11.4 Å². The first-order valence-electron chi connectivity index (χ1n) is 10.0. The molecule has 1 spiro atoms. The highest BCUT2D eigenvalue weighted by Crippen LogP contribution is 2.47. The predicted molar refractivity (Wildman–Crippen MR) is 108 cm³/mol. The minimum absolute atomic E-state index is 0.0798. The molecule has 0 bridgehead atoms. The number of fused-ring (bicyclic) bond motifs is 2. The van der Waals surface area contributed by atoms with Crippen LogP contribution in [0.25, 0.3) is 0 Å². The van der Waals surface area contributed by atoms with E-state index in [4.69, 9.17) is 0 Å². The summed E-state index contributed by atoms with van der Waals surface area (Å²) < 4.78 is 0. The van der Waals surface area contributed by atoms with Crippen LogP contribution in [0.15, 0.2) is 18.5 Å². The predicted octanol–water partition coefficient (Wildman–Crippen LogP) is 4.54. The SMILES string of the molecule is O=C1NC2(CCCCC2)c2cc(Nc3cc(NC4CCCC4)ncn3)sc21. The Balaban J connectivity index is 1.35. The van der Waals surface area contributed by atoms with Crippen molar-refractivity contribution in [3.05, 3.63) is 28.9 Å². The fourth-order valence-electron chi connectivity index (χ4n) is 4.78. The van der Waals surface area contributed by atoms with Gasteiger partial charge >= 0.3 is 0 Å². The smallest absolute Gasteiger partial charge is 0.262 e. The van der Waals surface area contributed by atoms with Gasteiger partial charge < -0.3 is 16.0 Å². The molecule has 3 N–H and O–H groups in total. The number of carbonyl (C=O) groups excluding carboxylic acids is 1. The molecule has 3 aliphatic rings. The third kappa shape index (κ3) is 3.18. The van der Waals surface area contributed by atoms with E-state index in [0.29, 0.717) is 6.04 Å². The standard InChI is InChI=1S/C20H25N5OS/c26-19-18-14(20(25-19)8-4-1-5-9-20)10-17(27-18)24-16-11-15(21-12-22-16)23-13-6-2-3-7-13/h10-13H,1-9H2,(H,25,26)(H2,21,22,23,24). The number of hydrogen-bond acceptors (Lipinski definition) is 6. The molecule has 142 valence electrons. The molecule has 1 aliphatic heterocycles. The normalized spacial score (nSPS) is 21.3. The Morgan fingerprint density at radius 2 is 1.81 bits per heavy atom. The van der Waals surface area contributed by atoms with E-state index in [1.165, 1.54) is 61.8 Å². The number of thiophene rings is 1. The van der Waals surface area contributed by atoms with Gasteiger partial charge in [-0.25, -0.2) is 9.97 Å². The van der Waals surface area contributed by atoms with Gasteiger partial charge in [0.1, 0.15) is 18.0 Å². The van der Waals surface area contributed by atoms with Crippen LogP contribution >= 0.6 is 11.3 Å². The van der Waals surface area contributed by atoms with Gasteiger partial charge in [0, 0.05) is 17.7 Å². The van der Waals surface area contributed by atoms with Crippen molar-refractivity contribution in [1.29, 1.82) is 0 Å². The van der Waals surface area contributed by atoms with Crippen molar-refractivity contribution in [2.75, 3.05) is 10.6 Å². The van der Waals surface area contributed by atoms with Gasteiger partial charge in [-0.3, -0.25) is 4.79 Å². The number of nitrogens with zero attached hydrogens (tertiary/aromatic N) is 2. The fourth-order valence-corrected chi connectivity index (χ4v) is 5.84. The minimum atomic E-state index is -0.137. The lowest BCUT2D eigenvalue weighted by molar-refractivity contribution is 0.0912. The molecule has 0 atom stereocenters. The summed E-state index contributed by atoms with van der Waals surface area (Å²) in [5.74, 6) is 1.71. The molecule has 1 amide bonds. The van der Waals surface area contributed by atoms with Crippen LogP contribution in [-0.2, 0) is 5.54 Å². The summed E-state index contributed by atoms with van der Waals surface area (Å²) in [4.78, 5) is 22.1. The van der Waals surface area contributed by atoms with Crippen LogP contribution in [0.4, 0.5) is 16.6 Å². The topological polar surface area (TPSA) is 78.9 Å². The first kappa shape index (κ1) is 17.0. The molecule has 3 heterocycles. The van der Waals surface area contributed by atoms with Crippen LogP contribution in [-0.4, -0.2) is 21.9 Å². The van der Waals surface area contributed by atoms with E-state index in [1.54, 1.807) is 6.33 Å². The Hall–Kier alpha value is -2.15. The number of rotatable bonds is 4. The number of aromatic nitrogens is 2. The van der Waals surface area contributed by atoms with Crippen LogP contribution in [0.1, 0.15) is 73.0 Å². The van der Waals surface area contributed by atoms with Gasteiger partial charge in [0.2, 0.25) is 0 Å². The van der Waals surface area contributed by atoms with Crippen molar-refractivity contribution in [2.45, 2.75) is 69.4 Å².